The van der Waals surface area contributed by atoms with Crippen LogP contribution in [0.25, 0.3) is 16.8 Å². The molecule has 0 radical (unpaired) electrons. The van der Waals surface area contributed by atoms with E-state index in [-0.39, 0.29) is 11.5 Å². The lowest BCUT2D eigenvalue weighted by molar-refractivity contribution is -0.131. The number of hydrogen-bond donors (Lipinski definition) is 2. The van der Waals surface area contributed by atoms with Crippen molar-refractivity contribution in [2.45, 2.75) is 6.92 Å². The standard InChI is InChI=1S/C26H20N2O5/c1-17(29)33-22-12-8-18(9-13-22)15-23(28-26(31)24-7-4-14-32-24)25(30)27-21-11-10-19-5-2-3-6-20(19)16-21/h2-16H,1H3,(H,27,30)(H,28,31). The molecule has 164 valence electrons. The van der Waals surface area contributed by atoms with Crippen molar-refractivity contribution < 1.29 is 23.5 Å². The first-order valence-corrected chi connectivity index (χ1v) is 10.1. The highest BCUT2D eigenvalue weighted by Gasteiger charge is 2.17. The van der Waals surface area contributed by atoms with E-state index in [0.29, 0.717) is 17.0 Å². The van der Waals surface area contributed by atoms with Crippen LogP contribution in [0.15, 0.2) is 95.2 Å². The average Bonchev–Trinajstić information content (AvgIpc) is 3.34. The molecule has 0 unspecified atom stereocenters. The Morgan fingerprint density at radius 1 is 0.879 bits per heavy atom. The minimum absolute atomic E-state index is 0.0183. The van der Waals surface area contributed by atoms with Crippen molar-refractivity contribution in [3.05, 3.63) is 102 Å². The summed E-state index contributed by atoms with van der Waals surface area (Å²) in [6.45, 7) is 1.31. The van der Waals surface area contributed by atoms with Crippen LogP contribution in [-0.2, 0) is 9.59 Å². The molecule has 7 nitrogen and oxygen atoms in total. The van der Waals surface area contributed by atoms with E-state index in [1.54, 1.807) is 36.4 Å². The fourth-order valence-corrected chi connectivity index (χ4v) is 3.18. The molecule has 1 heterocycles. The third-order valence-corrected chi connectivity index (χ3v) is 4.70. The summed E-state index contributed by atoms with van der Waals surface area (Å²) < 4.78 is 10.2. The predicted molar refractivity (Wildman–Crippen MR) is 124 cm³/mol. The molecule has 4 rings (SSSR count). The summed E-state index contributed by atoms with van der Waals surface area (Å²) in [4.78, 5) is 36.7. The van der Waals surface area contributed by atoms with Crippen LogP contribution < -0.4 is 15.4 Å². The number of amides is 2. The fourth-order valence-electron chi connectivity index (χ4n) is 3.18. The maximum absolute atomic E-state index is 13.1. The van der Waals surface area contributed by atoms with Crippen LogP contribution in [0.2, 0.25) is 0 Å². The highest BCUT2D eigenvalue weighted by atomic mass is 16.5. The number of fused-ring (bicyclic) bond motifs is 1. The average molecular weight is 440 g/mol. The summed E-state index contributed by atoms with van der Waals surface area (Å²) in [5, 5.41) is 7.44. The molecule has 7 heteroatoms. The first-order chi connectivity index (χ1) is 16.0. The molecule has 0 aliphatic carbocycles. The molecule has 0 fully saturated rings. The Labute approximate surface area is 189 Å². The Morgan fingerprint density at radius 3 is 2.33 bits per heavy atom. The van der Waals surface area contributed by atoms with E-state index in [9.17, 15) is 14.4 Å². The van der Waals surface area contributed by atoms with Gasteiger partial charge in [-0.1, -0.05) is 42.5 Å². The Bertz CT molecular complexity index is 1340. The first-order valence-electron chi connectivity index (χ1n) is 10.1. The Morgan fingerprint density at radius 2 is 1.64 bits per heavy atom. The summed E-state index contributed by atoms with van der Waals surface area (Å²) in [7, 11) is 0. The number of furan rings is 1. The van der Waals surface area contributed by atoms with E-state index in [1.807, 2.05) is 36.4 Å². The Hall–Kier alpha value is -4.65. The van der Waals surface area contributed by atoms with Gasteiger partial charge < -0.3 is 19.8 Å². The van der Waals surface area contributed by atoms with Crippen molar-refractivity contribution in [3.63, 3.8) is 0 Å². The topological polar surface area (TPSA) is 97.6 Å². The number of esters is 1. The maximum atomic E-state index is 13.1. The number of benzene rings is 3. The summed E-state index contributed by atoms with van der Waals surface area (Å²) in [6.07, 6.45) is 2.90. The van der Waals surface area contributed by atoms with Crippen LogP contribution in [0.1, 0.15) is 23.0 Å². The van der Waals surface area contributed by atoms with E-state index >= 15 is 0 Å². The van der Waals surface area contributed by atoms with Gasteiger partial charge >= 0.3 is 5.97 Å². The molecule has 0 aliphatic rings. The van der Waals surface area contributed by atoms with Crippen molar-refractivity contribution in [2.75, 3.05) is 5.32 Å². The van der Waals surface area contributed by atoms with Gasteiger partial charge in [0.05, 0.1) is 6.26 Å². The van der Waals surface area contributed by atoms with Gasteiger partial charge in [0.25, 0.3) is 11.8 Å². The molecule has 0 bridgehead atoms. The molecule has 33 heavy (non-hydrogen) atoms. The van der Waals surface area contributed by atoms with Crippen molar-refractivity contribution in [2.24, 2.45) is 0 Å². The zero-order valence-corrected chi connectivity index (χ0v) is 17.7. The van der Waals surface area contributed by atoms with Crippen molar-refractivity contribution in [1.29, 1.82) is 0 Å². The molecule has 2 amide bonds. The summed E-state index contributed by atoms with van der Waals surface area (Å²) in [5.41, 5.74) is 1.22. The van der Waals surface area contributed by atoms with Gasteiger partial charge in [-0.15, -0.1) is 0 Å². The summed E-state index contributed by atoms with van der Waals surface area (Å²) >= 11 is 0. The monoisotopic (exact) mass is 440 g/mol. The maximum Gasteiger partial charge on any atom is 0.308 e. The van der Waals surface area contributed by atoms with Crippen LogP contribution >= 0.6 is 0 Å². The molecule has 4 aromatic rings. The number of carbonyl (C=O) groups is 3. The summed E-state index contributed by atoms with van der Waals surface area (Å²) in [6, 6.07) is 23.0. The van der Waals surface area contributed by atoms with E-state index in [1.165, 1.54) is 25.3 Å². The number of ether oxygens (including phenoxy) is 1. The second kappa shape index (κ2) is 9.65. The molecular weight excluding hydrogens is 420 g/mol. The van der Waals surface area contributed by atoms with Gasteiger partial charge in [-0.3, -0.25) is 14.4 Å². The van der Waals surface area contributed by atoms with Crippen molar-refractivity contribution >= 4 is 40.3 Å². The van der Waals surface area contributed by atoms with E-state index in [4.69, 9.17) is 9.15 Å². The van der Waals surface area contributed by atoms with Gasteiger partial charge in [-0.25, -0.2) is 0 Å². The van der Waals surface area contributed by atoms with Gasteiger partial charge in [0.2, 0.25) is 0 Å². The van der Waals surface area contributed by atoms with Gasteiger partial charge in [0, 0.05) is 12.6 Å². The number of nitrogens with one attached hydrogen (secondary N) is 2. The van der Waals surface area contributed by atoms with E-state index in [2.05, 4.69) is 10.6 Å². The highest BCUT2D eigenvalue weighted by molar-refractivity contribution is 6.10. The molecule has 3 aromatic carbocycles. The Kier molecular flexibility index (Phi) is 6.31. The highest BCUT2D eigenvalue weighted by Crippen LogP contribution is 2.20. The molecule has 0 saturated carbocycles. The first kappa shape index (κ1) is 21.6. The van der Waals surface area contributed by atoms with Crippen LogP contribution in [0.3, 0.4) is 0 Å². The molecule has 1 aromatic heterocycles. The molecule has 0 spiro atoms. The molecule has 0 aliphatic heterocycles. The zero-order chi connectivity index (χ0) is 23.2. The lowest BCUT2D eigenvalue weighted by Gasteiger charge is -2.11. The van der Waals surface area contributed by atoms with E-state index < -0.39 is 17.8 Å². The number of anilines is 1. The molecule has 0 saturated heterocycles. The van der Waals surface area contributed by atoms with E-state index in [0.717, 1.165) is 10.8 Å². The smallest absolute Gasteiger partial charge is 0.308 e. The molecular formula is C26H20N2O5. The quantitative estimate of drug-likeness (QED) is 0.256. The van der Waals surface area contributed by atoms with Crippen LogP contribution in [0.4, 0.5) is 5.69 Å². The second-order valence-corrected chi connectivity index (χ2v) is 7.17. The second-order valence-electron chi connectivity index (χ2n) is 7.17. The lowest BCUT2D eigenvalue weighted by Crippen LogP contribution is -2.30. The number of rotatable bonds is 6. The zero-order valence-electron chi connectivity index (χ0n) is 17.7. The van der Waals surface area contributed by atoms with Gasteiger partial charge in [0.15, 0.2) is 5.76 Å². The predicted octanol–water partition coefficient (Wildman–Crippen LogP) is 4.77. The molecule has 0 atom stereocenters. The minimum atomic E-state index is -0.559. The normalized spacial score (nSPS) is 11.1. The summed E-state index contributed by atoms with van der Waals surface area (Å²) in [5.74, 6) is -1.05. The Balaban J connectivity index is 1.60. The van der Waals surface area contributed by atoms with Gasteiger partial charge in [-0.2, -0.15) is 0 Å². The van der Waals surface area contributed by atoms with Gasteiger partial charge in [0.1, 0.15) is 11.4 Å². The van der Waals surface area contributed by atoms with Crippen molar-refractivity contribution in [1.82, 2.24) is 5.32 Å². The lowest BCUT2D eigenvalue weighted by atomic mass is 10.1. The van der Waals surface area contributed by atoms with Gasteiger partial charge in [-0.05, 0) is 58.8 Å². The largest absolute Gasteiger partial charge is 0.459 e. The van der Waals surface area contributed by atoms with Crippen molar-refractivity contribution in [3.8, 4) is 5.75 Å². The number of carbonyl (C=O) groups excluding carboxylic acids is 3. The number of hydrogen-bond acceptors (Lipinski definition) is 5. The SMILES string of the molecule is CC(=O)Oc1ccc(C=C(NC(=O)c2ccco2)C(=O)Nc2ccc3ccccc3c2)cc1. The fraction of sp³-hybridized carbons (Fsp3) is 0.0385. The van der Waals surface area contributed by atoms with Crippen LogP contribution in [-0.4, -0.2) is 17.8 Å². The molecule has 2 N–H and O–H groups in total. The van der Waals surface area contributed by atoms with Crippen LogP contribution in [0.5, 0.6) is 5.75 Å². The third-order valence-electron chi connectivity index (χ3n) is 4.70. The minimum Gasteiger partial charge on any atom is -0.459 e. The van der Waals surface area contributed by atoms with Crippen LogP contribution in [0, 0.1) is 0 Å². The third kappa shape index (κ3) is 5.54.